The molecule has 3 heterocycles. The van der Waals surface area contributed by atoms with Crippen molar-refractivity contribution in [1.82, 2.24) is 19.2 Å². The molecular weight excluding hydrogens is 607 g/mol. The quantitative estimate of drug-likeness (QED) is 0.206. The van der Waals surface area contributed by atoms with Crippen LogP contribution in [0.3, 0.4) is 0 Å². The molecule has 1 aliphatic heterocycles. The summed E-state index contributed by atoms with van der Waals surface area (Å²) in [6, 6.07) is 11.7. The number of amides is 2. The van der Waals surface area contributed by atoms with Crippen molar-refractivity contribution in [3.8, 4) is 5.69 Å². The van der Waals surface area contributed by atoms with Crippen molar-refractivity contribution in [3.05, 3.63) is 74.6 Å². The first kappa shape index (κ1) is 29.3. The highest BCUT2D eigenvalue weighted by Crippen LogP contribution is 2.26. The summed E-state index contributed by atoms with van der Waals surface area (Å²) in [6.07, 6.45) is 6.34. The van der Waals surface area contributed by atoms with Crippen LogP contribution < -0.4 is 20.9 Å². The summed E-state index contributed by atoms with van der Waals surface area (Å²) in [6.45, 7) is 4.27. The Balaban J connectivity index is 1.24. The molecule has 4 aromatic rings. The third kappa shape index (κ3) is 7.19. The van der Waals surface area contributed by atoms with Gasteiger partial charge in [0, 0.05) is 17.9 Å². The number of piperidine rings is 1. The number of carbonyl (C=O) groups is 1. The molecule has 2 aromatic heterocycles. The van der Waals surface area contributed by atoms with Gasteiger partial charge in [-0.05, 0) is 87.4 Å². The van der Waals surface area contributed by atoms with Crippen molar-refractivity contribution in [2.24, 2.45) is 0 Å². The van der Waals surface area contributed by atoms with Crippen LogP contribution in [0.4, 0.5) is 16.2 Å². The number of sulfonamides is 1. The molecule has 1 saturated heterocycles. The Hall–Kier alpha value is -3.16. The minimum Gasteiger partial charge on any atom is -0.385 e. The predicted octanol–water partition coefficient (Wildman–Crippen LogP) is 5.55. The first-order valence-corrected chi connectivity index (χ1v) is 16.1. The van der Waals surface area contributed by atoms with Crippen molar-refractivity contribution in [3.63, 3.8) is 0 Å². The van der Waals surface area contributed by atoms with Crippen LogP contribution in [0.2, 0.25) is 9.36 Å². The van der Waals surface area contributed by atoms with Crippen LogP contribution in [0.1, 0.15) is 25.7 Å². The number of fused-ring (bicyclic) bond motifs is 1. The summed E-state index contributed by atoms with van der Waals surface area (Å²) in [5.74, 6) is 0. The average Bonchev–Trinajstić information content (AvgIpc) is 3.39. The van der Waals surface area contributed by atoms with Crippen molar-refractivity contribution in [2.45, 2.75) is 29.9 Å². The third-order valence-corrected chi connectivity index (χ3v) is 10.1. The van der Waals surface area contributed by atoms with Crippen LogP contribution in [0.15, 0.2) is 63.9 Å². The maximum absolute atomic E-state index is 13.3. The molecule has 0 aliphatic carbocycles. The lowest BCUT2D eigenvalue weighted by Gasteiger charge is -2.26. The molecule has 10 nitrogen and oxygen atoms in total. The summed E-state index contributed by atoms with van der Waals surface area (Å²) in [7, 11) is -4.08. The molecule has 0 atom stereocenters. The van der Waals surface area contributed by atoms with Crippen molar-refractivity contribution in [1.29, 1.82) is 0 Å². The number of thiophene rings is 1. The molecule has 5 rings (SSSR count). The van der Waals surface area contributed by atoms with Gasteiger partial charge in [0.25, 0.3) is 15.6 Å². The molecule has 2 amide bonds. The maximum atomic E-state index is 13.3. The van der Waals surface area contributed by atoms with Gasteiger partial charge in [0.1, 0.15) is 10.5 Å². The molecule has 0 unspecified atom stereocenters. The number of hydrogen-bond donors (Lipinski definition) is 3. The van der Waals surface area contributed by atoms with E-state index in [1.807, 2.05) is 16.9 Å². The summed E-state index contributed by atoms with van der Waals surface area (Å²) in [4.78, 5) is 32.6. The Labute approximate surface area is 251 Å². The lowest BCUT2D eigenvalue weighted by molar-refractivity contribution is 0.228. The lowest BCUT2D eigenvalue weighted by atomic mass is 10.1. The summed E-state index contributed by atoms with van der Waals surface area (Å²) in [5.41, 5.74) is 1.75. The number of anilines is 2. The number of likely N-dealkylation sites (tertiary alicyclic amines) is 1. The summed E-state index contributed by atoms with van der Waals surface area (Å²) in [5, 5.41) is 6.44. The van der Waals surface area contributed by atoms with E-state index in [1.165, 1.54) is 67.5 Å². The fourth-order valence-electron chi connectivity index (χ4n) is 4.67. The molecular formula is C27H28Cl2N6O4S2. The zero-order chi connectivity index (χ0) is 29.0. The second-order valence-corrected chi connectivity index (χ2v) is 13.7. The number of benzene rings is 2. The van der Waals surface area contributed by atoms with Gasteiger partial charge in [-0.3, -0.25) is 9.36 Å². The summed E-state index contributed by atoms with van der Waals surface area (Å²) >= 11 is 13.1. The Morgan fingerprint density at radius 1 is 1.00 bits per heavy atom. The van der Waals surface area contributed by atoms with Crippen molar-refractivity contribution in [2.75, 3.05) is 36.8 Å². The number of rotatable bonds is 9. The Morgan fingerprint density at radius 3 is 2.51 bits per heavy atom. The molecule has 0 radical (unpaired) electrons. The number of hydrogen-bond acceptors (Lipinski definition) is 8. The van der Waals surface area contributed by atoms with Gasteiger partial charge >= 0.3 is 6.03 Å². The number of carbonyl (C=O) groups excluding carboxylic acids is 1. The topological polar surface area (TPSA) is 125 Å². The second-order valence-electron chi connectivity index (χ2n) is 9.62. The fraction of sp³-hybridized carbons (Fsp3) is 0.296. The highest BCUT2D eigenvalue weighted by Gasteiger charge is 2.20. The highest BCUT2D eigenvalue weighted by molar-refractivity contribution is 7.92. The van der Waals surface area contributed by atoms with Crippen LogP contribution >= 0.6 is 34.5 Å². The maximum Gasteiger partial charge on any atom is 0.333 e. The summed E-state index contributed by atoms with van der Waals surface area (Å²) < 4.78 is 28.1. The first-order chi connectivity index (χ1) is 19.7. The Bertz CT molecular complexity index is 1740. The highest BCUT2D eigenvalue weighted by atomic mass is 35.5. The van der Waals surface area contributed by atoms with Crippen molar-refractivity contribution >= 4 is 72.9 Å². The fourth-order valence-corrected chi connectivity index (χ4v) is 7.33. The number of halogens is 2. The van der Waals surface area contributed by atoms with Crippen LogP contribution in [0.25, 0.3) is 16.6 Å². The van der Waals surface area contributed by atoms with Gasteiger partial charge < -0.3 is 15.5 Å². The standard InChI is InChI=1S/C27H28Cl2N6O4S2/c28-21-15-19(32-27(37)33-41(38,39)25-10-9-24(29)40-25)6-8-23(21)35-17-31-22-16-18(5-7-20(22)26(35)36)30-11-4-14-34-12-2-1-3-13-34/h5-10,15-17,30H,1-4,11-14H2,(H2,32,33,37). The smallest absolute Gasteiger partial charge is 0.333 e. The monoisotopic (exact) mass is 634 g/mol. The molecule has 14 heteroatoms. The first-order valence-electron chi connectivity index (χ1n) is 13.1. The molecule has 216 valence electrons. The lowest BCUT2D eigenvalue weighted by Crippen LogP contribution is -2.33. The van der Waals surface area contributed by atoms with Gasteiger partial charge in [0.15, 0.2) is 0 Å². The molecule has 1 aliphatic rings. The molecule has 2 aromatic carbocycles. The van der Waals surface area contributed by atoms with Gasteiger partial charge in [-0.2, -0.15) is 0 Å². The van der Waals surface area contributed by atoms with Gasteiger partial charge in [-0.1, -0.05) is 29.6 Å². The normalized spacial score (nSPS) is 14.2. The van der Waals surface area contributed by atoms with E-state index in [4.69, 9.17) is 23.2 Å². The Morgan fingerprint density at radius 2 is 1.78 bits per heavy atom. The van der Waals surface area contributed by atoms with E-state index >= 15 is 0 Å². The molecule has 0 saturated carbocycles. The van der Waals surface area contributed by atoms with E-state index < -0.39 is 16.1 Å². The molecule has 0 bridgehead atoms. The van der Waals surface area contributed by atoms with Gasteiger partial charge in [-0.25, -0.2) is 22.9 Å². The van der Waals surface area contributed by atoms with Gasteiger partial charge in [-0.15, -0.1) is 11.3 Å². The zero-order valence-corrected chi connectivity index (χ0v) is 25.0. The van der Waals surface area contributed by atoms with Crippen LogP contribution in [-0.2, 0) is 10.0 Å². The van der Waals surface area contributed by atoms with Gasteiger partial charge in [0.2, 0.25) is 0 Å². The largest absolute Gasteiger partial charge is 0.385 e. The predicted molar refractivity (Wildman–Crippen MR) is 164 cm³/mol. The van der Waals surface area contributed by atoms with Gasteiger partial charge in [0.05, 0.1) is 25.9 Å². The average molecular weight is 636 g/mol. The van der Waals surface area contributed by atoms with Crippen LogP contribution in [0.5, 0.6) is 0 Å². The van der Waals surface area contributed by atoms with E-state index in [0.717, 1.165) is 36.5 Å². The van der Waals surface area contributed by atoms with E-state index in [2.05, 4.69) is 20.5 Å². The van der Waals surface area contributed by atoms with Crippen molar-refractivity contribution < 1.29 is 13.2 Å². The molecule has 0 spiro atoms. The van der Waals surface area contributed by atoms with E-state index in [0.29, 0.717) is 16.6 Å². The van der Waals surface area contributed by atoms with Crippen LogP contribution in [0, 0.1) is 0 Å². The minimum absolute atomic E-state index is 0.0926. The van der Waals surface area contributed by atoms with E-state index in [1.54, 1.807) is 12.1 Å². The third-order valence-electron chi connectivity index (χ3n) is 6.69. The molecule has 3 N–H and O–H groups in total. The number of urea groups is 1. The number of nitrogens with one attached hydrogen (secondary N) is 3. The molecule has 1 fully saturated rings. The second kappa shape index (κ2) is 12.8. The number of nitrogens with zero attached hydrogens (tertiary/aromatic N) is 3. The SMILES string of the molecule is O=C(Nc1ccc(-n2cnc3cc(NCCCN4CCCCC4)ccc3c2=O)c(Cl)c1)NS(=O)(=O)c1ccc(Cl)s1. The van der Waals surface area contributed by atoms with E-state index in [-0.39, 0.29) is 24.8 Å². The Kier molecular flexibility index (Phi) is 9.15. The number of aromatic nitrogens is 2. The van der Waals surface area contributed by atoms with Crippen LogP contribution in [-0.4, -0.2) is 55.1 Å². The minimum atomic E-state index is -4.08. The van der Waals surface area contributed by atoms with E-state index in [9.17, 15) is 18.0 Å². The molecule has 41 heavy (non-hydrogen) atoms. The zero-order valence-electron chi connectivity index (χ0n) is 21.9.